The van der Waals surface area contributed by atoms with Crippen molar-refractivity contribution in [2.24, 2.45) is 0 Å². The molecule has 4 heteroatoms. The minimum Gasteiger partial charge on any atom is -0.332 e. The van der Waals surface area contributed by atoms with Gasteiger partial charge < -0.3 is 10.6 Å². The standard InChI is InChI=1S/C17H19FN2S/c1-10-7-12(3)16(13(4)8-10)20-17(21)19-14-6-5-11(2)15(18)9-14/h5-9H,1-4H3,(H2,19,20,21). The zero-order chi connectivity index (χ0) is 15.6. The van der Waals surface area contributed by atoms with Crippen LogP contribution in [0.2, 0.25) is 0 Å². The molecule has 2 rings (SSSR count). The van der Waals surface area contributed by atoms with Gasteiger partial charge in [0.15, 0.2) is 5.11 Å². The van der Waals surface area contributed by atoms with Crippen molar-refractivity contribution in [3.8, 4) is 0 Å². The second-order valence-corrected chi connectivity index (χ2v) is 5.73. The van der Waals surface area contributed by atoms with Crippen LogP contribution < -0.4 is 10.6 Å². The molecular weight excluding hydrogens is 283 g/mol. The first kappa shape index (κ1) is 15.4. The maximum atomic E-state index is 13.5. The number of rotatable bonds is 2. The lowest BCUT2D eigenvalue weighted by Crippen LogP contribution is -2.20. The highest BCUT2D eigenvalue weighted by atomic mass is 32.1. The Morgan fingerprint density at radius 3 is 2.10 bits per heavy atom. The summed E-state index contributed by atoms with van der Waals surface area (Å²) in [5.41, 5.74) is 5.72. The van der Waals surface area contributed by atoms with Crippen LogP contribution in [0, 0.1) is 33.5 Å². The monoisotopic (exact) mass is 302 g/mol. The number of hydrogen-bond donors (Lipinski definition) is 2. The Kier molecular flexibility index (Phi) is 4.58. The Labute approximate surface area is 130 Å². The van der Waals surface area contributed by atoms with Gasteiger partial charge in [-0.05, 0) is 68.7 Å². The molecular formula is C17H19FN2S. The van der Waals surface area contributed by atoms with Crippen LogP contribution in [0.1, 0.15) is 22.3 Å². The predicted molar refractivity (Wildman–Crippen MR) is 91.6 cm³/mol. The van der Waals surface area contributed by atoms with E-state index in [0.717, 1.165) is 16.8 Å². The highest BCUT2D eigenvalue weighted by molar-refractivity contribution is 7.80. The summed E-state index contributed by atoms with van der Waals surface area (Å²) in [4.78, 5) is 0. The van der Waals surface area contributed by atoms with E-state index in [1.807, 2.05) is 13.8 Å². The number of hydrogen-bond acceptors (Lipinski definition) is 1. The number of benzene rings is 2. The topological polar surface area (TPSA) is 24.1 Å². The lowest BCUT2D eigenvalue weighted by Gasteiger charge is -2.16. The molecule has 0 aliphatic rings. The lowest BCUT2D eigenvalue weighted by molar-refractivity contribution is 0.619. The van der Waals surface area contributed by atoms with E-state index in [0.29, 0.717) is 16.4 Å². The van der Waals surface area contributed by atoms with E-state index in [9.17, 15) is 4.39 Å². The van der Waals surface area contributed by atoms with Crippen molar-refractivity contribution in [3.05, 3.63) is 58.4 Å². The van der Waals surface area contributed by atoms with Crippen molar-refractivity contribution < 1.29 is 4.39 Å². The third-order valence-corrected chi connectivity index (χ3v) is 3.55. The normalized spacial score (nSPS) is 10.3. The van der Waals surface area contributed by atoms with Gasteiger partial charge in [-0.25, -0.2) is 4.39 Å². The van der Waals surface area contributed by atoms with E-state index in [-0.39, 0.29) is 5.82 Å². The highest BCUT2D eigenvalue weighted by Crippen LogP contribution is 2.22. The van der Waals surface area contributed by atoms with Crippen LogP contribution in [-0.2, 0) is 0 Å². The molecule has 2 aromatic rings. The van der Waals surface area contributed by atoms with E-state index in [2.05, 4.69) is 29.7 Å². The first-order valence-electron chi connectivity index (χ1n) is 6.79. The summed E-state index contributed by atoms with van der Waals surface area (Å²) in [7, 11) is 0. The summed E-state index contributed by atoms with van der Waals surface area (Å²) < 4.78 is 13.5. The molecule has 0 radical (unpaired) electrons. The fraction of sp³-hybridized carbons (Fsp3) is 0.235. The fourth-order valence-electron chi connectivity index (χ4n) is 2.32. The molecule has 0 bridgehead atoms. The Hall–Kier alpha value is -1.94. The third-order valence-electron chi connectivity index (χ3n) is 3.35. The van der Waals surface area contributed by atoms with Gasteiger partial charge in [-0.1, -0.05) is 23.8 Å². The molecule has 0 heterocycles. The number of anilines is 2. The van der Waals surface area contributed by atoms with Gasteiger partial charge >= 0.3 is 0 Å². The zero-order valence-electron chi connectivity index (χ0n) is 12.7. The molecule has 0 aromatic heterocycles. The third kappa shape index (κ3) is 3.79. The van der Waals surface area contributed by atoms with Crippen molar-refractivity contribution in [3.63, 3.8) is 0 Å². The first-order valence-corrected chi connectivity index (χ1v) is 7.19. The maximum Gasteiger partial charge on any atom is 0.175 e. The summed E-state index contributed by atoms with van der Waals surface area (Å²) in [6, 6.07) is 9.18. The number of thiocarbonyl (C=S) groups is 1. The van der Waals surface area contributed by atoms with Crippen LogP contribution in [-0.4, -0.2) is 5.11 Å². The molecule has 0 aliphatic carbocycles. The van der Waals surface area contributed by atoms with Gasteiger partial charge in [-0.2, -0.15) is 0 Å². The molecule has 0 saturated carbocycles. The van der Waals surface area contributed by atoms with Crippen molar-refractivity contribution in [1.82, 2.24) is 0 Å². The summed E-state index contributed by atoms with van der Waals surface area (Å²) in [5.74, 6) is -0.245. The molecule has 0 fully saturated rings. The summed E-state index contributed by atoms with van der Waals surface area (Å²) in [6.07, 6.45) is 0. The average molecular weight is 302 g/mol. The quantitative estimate of drug-likeness (QED) is 0.774. The lowest BCUT2D eigenvalue weighted by atomic mass is 10.1. The van der Waals surface area contributed by atoms with Crippen molar-refractivity contribution in [2.75, 3.05) is 10.6 Å². The van der Waals surface area contributed by atoms with Crippen molar-refractivity contribution >= 4 is 28.7 Å². The minimum atomic E-state index is -0.245. The summed E-state index contributed by atoms with van der Waals surface area (Å²) in [6.45, 7) is 7.87. The van der Waals surface area contributed by atoms with Crippen LogP contribution in [0.4, 0.5) is 15.8 Å². The molecule has 0 atom stereocenters. The summed E-state index contributed by atoms with van der Waals surface area (Å²) in [5, 5.41) is 6.65. The van der Waals surface area contributed by atoms with Gasteiger partial charge in [0.1, 0.15) is 5.82 Å². The Morgan fingerprint density at radius 1 is 0.905 bits per heavy atom. The van der Waals surface area contributed by atoms with E-state index in [4.69, 9.17) is 12.2 Å². The number of aryl methyl sites for hydroxylation is 4. The number of nitrogens with one attached hydrogen (secondary N) is 2. The van der Waals surface area contributed by atoms with E-state index in [1.54, 1.807) is 19.1 Å². The second-order valence-electron chi connectivity index (χ2n) is 5.32. The van der Waals surface area contributed by atoms with Crippen LogP contribution in [0.15, 0.2) is 30.3 Å². The van der Waals surface area contributed by atoms with Gasteiger partial charge in [0.2, 0.25) is 0 Å². The smallest absolute Gasteiger partial charge is 0.175 e. The fourth-order valence-corrected chi connectivity index (χ4v) is 2.54. The van der Waals surface area contributed by atoms with E-state index < -0.39 is 0 Å². The Bertz CT molecular complexity index is 672. The molecule has 2 nitrogen and oxygen atoms in total. The van der Waals surface area contributed by atoms with Crippen LogP contribution in [0.3, 0.4) is 0 Å². The SMILES string of the molecule is Cc1cc(C)c(NC(=S)Nc2ccc(C)c(F)c2)c(C)c1. The molecule has 0 unspecified atom stereocenters. The minimum absolute atomic E-state index is 0.245. The average Bonchev–Trinajstić information content (AvgIpc) is 2.38. The van der Waals surface area contributed by atoms with Crippen LogP contribution in [0.25, 0.3) is 0 Å². The number of halogens is 1. The first-order chi connectivity index (χ1) is 9.86. The van der Waals surface area contributed by atoms with Gasteiger partial charge in [0, 0.05) is 11.4 Å². The molecule has 110 valence electrons. The molecule has 0 amide bonds. The Balaban J connectivity index is 2.13. The van der Waals surface area contributed by atoms with Gasteiger partial charge in [-0.15, -0.1) is 0 Å². The van der Waals surface area contributed by atoms with Gasteiger partial charge in [0.25, 0.3) is 0 Å². The van der Waals surface area contributed by atoms with E-state index >= 15 is 0 Å². The summed E-state index contributed by atoms with van der Waals surface area (Å²) >= 11 is 5.30. The molecule has 0 spiro atoms. The predicted octanol–water partition coefficient (Wildman–Crippen LogP) is 4.87. The van der Waals surface area contributed by atoms with Crippen LogP contribution >= 0.6 is 12.2 Å². The van der Waals surface area contributed by atoms with E-state index in [1.165, 1.54) is 11.6 Å². The molecule has 0 aliphatic heterocycles. The van der Waals surface area contributed by atoms with Gasteiger partial charge in [-0.3, -0.25) is 0 Å². The van der Waals surface area contributed by atoms with Gasteiger partial charge in [0.05, 0.1) is 0 Å². The highest BCUT2D eigenvalue weighted by Gasteiger charge is 2.07. The zero-order valence-corrected chi connectivity index (χ0v) is 13.5. The largest absolute Gasteiger partial charge is 0.332 e. The Morgan fingerprint density at radius 2 is 1.52 bits per heavy atom. The molecule has 2 aromatic carbocycles. The molecule has 21 heavy (non-hydrogen) atoms. The molecule has 0 saturated heterocycles. The van der Waals surface area contributed by atoms with Crippen LogP contribution in [0.5, 0.6) is 0 Å². The van der Waals surface area contributed by atoms with Crippen molar-refractivity contribution in [1.29, 1.82) is 0 Å². The molecule has 2 N–H and O–H groups in total. The second kappa shape index (κ2) is 6.22. The maximum absolute atomic E-state index is 13.5. The van der Waals surface area contributed by atoms with Crippen molar-refractivity contribution in [2.45, 2.75) is 27.7 Å².